The summed E-state index contributed by atoms with van der Waals surface area (Å²) in [6, 6.07) is 11.2. The van der Waals surface area contributed by atoms with Crippen molar-refractivity contribution in [1.29, 1.82) is 0 Å². The van der Waals surface area contributed by atoms with Gasteiger partial charge in [-0.15, -0.1) is 11.8 Å². The maximum absolute atomic E-state index is 12.1. The number of anilines is 2. The lowest BCUT2D eigenvalue weighted by Gasteiger charge is -2.09. The highest BCUT2D eigenvalue weighted by Gasteiger charge is 2.11. The van der Waals surface area contributed by atoms with Crippen LogP contribution in [0.1, 0.15) is 17.3 Å². The van der Waals surface area contributed by atoms with E-state index >= 15 is 0 Å². The van der Waals surface area contributed by atoms with Crippen LogP contribution in [0.4, 0.5) is 11.4 Å². The van der Waals surface area contributed by atoms with Crippen LogP contribution < -0.4 is 10.6 Å². The molecule has 0 spiro atoms. The van der Waals surface area contributed by atoms with Gasteiger partial charge in [0.15, 0.2) is 0 Å². The minimum Gasteiger partial charge on any atom is -0.478 e. The van der Waals surface area contributed by atoms with Gasteiger partial charge in [0.1, 0.15) is 0 Å². The summed E-state index contributed by atoms with van der Waals surface area (Å²) in [5, 5.41) is 14.5. The fraction of sp³-hybridized carbons (Fsp3) is 0.118. The van der Waals surface area contributed by atoms with Gasteiger partial charge in [-0.1, -0.05) is 17.7 Å². The number of carboxylic acid groups (broad SMARTS) is 1. The van der Waals surface area contributed by atoms with Crippen LogP contribution in [0.2, 0.25) is 5.02 Å². The zero-order valence-electron chi connectivity index (χ0n) is 13.2. The van der Waals surface area contributed by atoms with Crippen molar-refractivity contribution >= 4 is 52.5 Å². The Morgan fingerprint density at radius 1 is 1.12 bits per heavy atom. The van der Waals surface area contributed by atoms with Crippen molar-refractivity contribution < 1.29 is 19.5 Å². The number of nitrogens with one attached hydrogen (secondary N) is 2. The molecule has 2 aromatic carbocycles. The van der Waals surface area contributed by atoms with Gasteiger partial charge in [0.2, 0.25) is 11.8 Å². The summed E-state index contributed by atoms with van der Waals surface area (Å²) in [6.07, 6.45) is 0. The predicted molar refractivity (Wildman–Crippen MR) is 98.5 cm³/mol. The summed E-state index contributed by atoms with van der Waals surface area (Å²) < 4.78 is 0. The second-order valence-electron chi connectivity index (χ2n) is 5.05. The molecule has 0 saturated heterocycles. The second-order valence-corrected chi connectivity index (χ2v) is 6.50. The van der Waals surface area contributed by atoms with E-state index in [-0.39, 0.29) is 33.8 Å². The minimum atomic E-state index is -1.10. The van der Waals surface area contributed by atoms with E-state index in [1.54, 1.807) is 18.2 Å². The van der Waals surface area contributed by atoms with Gasteiger partial charge in [-0.25, -0.2) is 4.79 Å². The molecule has 3 N–H and O–H groups in total. The molecule has 25 heavy (non-hydrogen) atoms. The maximum Gasteiger partial charge on any atom is 0.335 e. The van der Waals surface area contributed by atoms with Crippen molar-refractivity contribution in [3.8, 4) is 0 Å². The fourth-order valence-electron chi connectivity index (χ4n) is 1.96. The number of halogens is 1. The number of hydrogen-bond acceptors (Lipinski definition) is 4. The molecule has 0 bridgehead atoms. The van der Waals surface area contributed by atoms with Gasteiger partial charge in [0.25, 0.3) is 0 Å². The van der Waals surface area contributed by atoms with Crippen LogP contribution in [0.25, 0.3) is 0 Å². The largest absolute Gasteiger partial charge is 0.478 e. The Hall–Kier alpha value is -2.51. The molecular formula is C17H15ClN2O4S. The highest BCUT2D eigenvalue weighted by atomic mass is 35.5. The number of carbonyl (C=O) groups is 3. The normalized spacial score (nSPS) is 10.2. The van der Waals surface area contributed by atoms with Gasteiger partial charge < -0.3 is 15.7 Å². The summed E-state index contributed by atoms with van der Waals surface area (Å²) >= 11 is 7.26. The van der Waals surface area contributed by atoms with Crippen molar-refractivity contribution in [3.63, 3.8) is 0 Å². The Kier molecular flexibility index (Phi) is 6.44. The zero-order chi connectivity index (χ0) is 18.4. The lowest BCUT2D eigenvalue weighted by molar-refractivity contribution is -0.114. The predicted octanol–water partition coefficient (Wildman–Crippen LogP) is 3.73. The van der Waals surface area contributed by atoms with Crippen LogP contribution in [0.5, 0.6) is 0 Å². The highest BCUT2D eigenvalue weighted by molar-refractivity contribution is 8.00. The Bertz CT molecular complexity index is 826. The number of aromatic carboxylic acids is 1. The first-order chi connectivity index (χ1) is 11.8. The van der Waals surface area contributed by atoms with Gasteiger partial charge in [0, 0.05) is 17.5 Å². The Balaban J connectivity index is 1.98. The number of carbonyl (C=O) groups excluding carboxylic acids is 2. The number of carboxylic acids is 1. The SMILES string of the molecule is CC(=O)Nc1cccc(SCC(=O)Nc2cc(C(=O)O)ccc2Cl)c1. The Labute approximate surface area is 153 Å². The Morgan fingerprint density at radius 3 is 2.56 bits per heavy atom. The molecule has 0 aliphatic carbocycles. The topological polar surface area (TPSA) is 95.5 Å². The van der Waals surface area contributed by atoms with Crippen LogP contribution >= 0.6 is 23.4 Å². The van der Waals surface area contributed by atoms with E-state index in [9.17, 15) is 14.4 Å². The van der Waals surface area contributed by atoms with Crippen molar-refractivity contribution in [2.45, 2.75) is 11.8 Å². The molecule has 0 fully saturated rings. The number of hydrogen-bond donors (Lipinski definition) is 3. The molecule has 2 amide bonds. The maximum atomic E-state index is 12.1. The van der Waals surface area contributed by atoms with E-state index in [0.29, 0.717) is 5.69 Å². The first-order valence-electron chi connectivity index (χ1n) is 7.18. The van der Waals surface area contributed by atoms with E-state index in [2.05, 4.69) is 10.6 Å². The average molecular weight is 379 g/mol. The molecule has 6 nitrogen and oxygen atoms in total. The lowest BCUT2D eigenvalue weighted by atomic mass is 10.2. The monoisotopic (exact) mass is 378 g/mol. The van der Waals surface area contributed by atoms with Gasteiger partial charge in [-0.3, -0.25) is 9.59 Å². The van der Waals surface area contributed by atoms with Crippen LogP contribution in [-0.4, -0.2) is 28.6 Å². The number of benzene rings is 2. The van der Waals surface area contributed by atoms with E-state index in [4.69, 9.17) is 16.7 Å². The highest BCUT2D eigenvalue weighted by Crippen LogP contribution is 2.25. The number of thioether (sulfide) groups is 1. The average Bonchev–Trinajstić information content (AvgIpc) is 2.54. The van der Waals surface area contributed by atoms with Crippen molar-refractivity contribution in [1.82, 2.24) is 0 Å². The van der Waals surface area contributed by atoms with E-state index in [1.807, 2.05) is 6.07 Å². The smallest absolute Gasteiger partial charge is 0.335 e. The molecular weight excluding hydrogens is 364 g/mol. The van der Waals surface area contributed by atoms with Crippen LogP contribution in [0.15, 0.2) is 47.4 Å². The molecule has 0 aliphatic rings. The molecule has 2 rings (SSSR count). The van der Waals surface area contributed by atoms with E-state index in [1.165, 1.54) is 36.9 Å². The molecule has 0 aliphatic heterocycles. The van der Waals surface area contributed by atoms with Crippen molar-refractivity contribution in [3.05, 3.63) is 53.1 Å². The third kappa shape index (κ3) is 5.81. The van der Waals surface area contributed by atoms with Crippen LogP contribution in [0, 0.1) is 0 Å². The lowest BCUT2D eigenvalue weighted by Crippen LogP contribution is -2.15. The van der Waals surface area contributed by atoms with Gasteiger partial charge in [0.05, 0.1) is 22.0 Å². The summed E-state index contributed by atoms with van der Waals surface area (Å²) in [6.45, 7) is 1.42. The van der Waals surface area contributed by atoms with Gasteiger partial charge >= 0.3 is 5.97 Å². The molecule has 0 aromatic heterocycles. The third-order valence-electron chi connectivity index (χ3n) is 3.01. The first-order valence-corrected chi connectivity index (χ1v) is 8.54. The number of rotatable bonds is 6. The third-order valence-corrected chi connectivity index (χ3v) is 4.34. The molecule has 0 radical (unpaired) electrons. The zero-order valence-corrected chi connectivity index (χ0v) is 14.8. The fourth-order valence-corrected chi connectivity index (χ4v) is 2.88. The first kappa shape index (κ1) is 18.8. The summed E-state index contributed by atoms with van der Waals surface area (Å²) in [5.74, 6) is -1.49. The van der Waals surface area contributed by atoms with Crippen molar-refractivity contribution in [2.24, 2.45) is 0 Å². The van der Waals surface area contributed by atoms with Crippen LogP contribution in [0.3, 0.4) is 0 Å². The summed E-state index contributed by atoms with van der Waals surface area (Å²) in [4.78, 5) is 34.9. The summed E-state index contributed by atoms with van der Waals surface area (Å²) in [5.41, 5.74) is 0.935. The molecule has 130 valence electrons. The molecule has 0 heterocycles. The van der Waals surface area contributed by atoms with E-state index < -0.39 is 5.97 Å². The van der Waals surface area contributed by atoms with Crippen molar-refractivity contribution in [2.75, 3.05) is 16.4 Å². The van der Waals surface area contributed by atoms with Gasteiger partial charge in [-0.2, -0.15) is 0 Å². The molecule has 0 unspecified atom stereocenters. The van der Waals surface area contributed by atoms with Crippen LogP contribution in [-0.2, 0) is 9.59 Å². The Morgan fingerprint density at radius 2 is 1.88 bits per heavy atom. The molecule has 2 aromatic rings. The van der Waals surface area contributed by atoms with Gasteiger partial charge in [-0.05, 0) is 36.4 Å². The molecule has 0 saturated carbocycles. The quantitative estimate of drug-likeness (QED) is 0.666. The molecule has 8 heteroatoms. The standard InChI is InChI=1S/C17H15ClN2O4S/c1-10(21)19-12-3-2-4-13(8-12)25-9-16(22)20-15-7-11(17(23)24)5-6-14(15)18/h2-8H,9H2,1H3,(H,19,21)(H,20,22)(H,23,24). The second kappa shape index (κ2) is 8.55. The summed E-state index contributed by atoms with van der Waals surface area (Å²) in [7, 11) is 0. The minimum absolute atomic E-state index is 0.0374. The molecule has 0 atom stereocenters. The van der Waals surface area contributed by atoms with E-state index in [0.717, 1.165) is 4.90 Å². The number of amides is 2.